The molecule has 144 valence electrons. The molecule has 27 heavy (non-hydrogen) atoms. The molecule has 2 aromatic carbocycles. The molecule has 0 aliphatic heterocycles. The van der Waals surface area contributed by atoms with Crippen molar-refractivity contribution in [2.45, 2.75) is 24.9 Å². The molecule has 0 heterocycles. The van der Waals surface area contributed by atoms with E-state index in [-0.39, 0.29) is 16.3 Å². The molecular weight excluding hydrogens is 383 g/mol. The van der Waals surface area contributed by atoms with E-state index in [0.717, 1.165) is 5.56 Å². The summed E-state index contributed by atoms with van der Waals surface area (Å²) in [5, 5.41) is 5.50. The van der Waals surface area contributed by atoms with Crippen molar-refractivity contribution in [2.75, 3.05) is 5.32 Å². The number of carbonyl (C=O) groups is 1. The second-order valence-electron chi connectivity index (χ2n) is 5.64. The number of hydrogen-bond donors (Lipinski definition) is 2. The fourth-order valence-electron chi connectivity index (χ4n) is 1.99. The van der Waals surface area contributed by atoms with Gasteiger partial charge in [0.2, 0.25) is 0 Å². The predicted octanol–water partition coefficient (Wildman–Crippen LogP) is 3.20. The summed E-state index contributed by atoms with van der Waals surface area (Å²) in [5.74, 6) is -2.10. The van der Waals surface area contributed by atoms with E-state index < -0.39 is 22.1 Å². The number of carbonyl (C=O) groups excluding carboxylic acids is 1. The van der Waals surface area contributed by atoms with Crippen molar-refractivity contribution in [3.05, 3.63) is 59.7 Å². The maximum atomic E-state index is 12.3. The third-order valence-corrected chi connectivity index (χ3v) is 4.68. The van der Waals surface area contributed by atoms with Crippen molar-refractivity contribution in [3.8, 4) is 0 Å². The summed E-state index contributed by atoms with van der Waals surface area (Å²) in [6, 6.07) is 11.6. The Balaban J connectivity index is 2.17. The van der Waals surface area contributed by atoms with Crippen LogP contribution in [0.3, 0.4) is 0 Å². The Bertz CT molecular complexity index is 969. The number of sulfonamides is 1. The molecule has 2 rings (SSSR count). The van der Waals surface area contributed by atoms with Crippen LogP contribution in [0.4, 0.5) is 18.9 Å². The lowest BCUT2D eigenvalue weighted by molar-refractivity contribution is -0.167. The Labute approximate surface area is 154 Å². The monoisotopic (exact) mass is 399 g/mol. The molecule has 0 fully saturated rings. The molecule has 0 atom stereocenters. The zero-order valence-corrected chi connectivity index (χ0v) is 15.1. The average Bonchev–Trinajstić information content (AvgIpc) is 2.59. The van der Waals surface area contributed by atoms with E-state index in [1.54, 1.807) is 17.4 Å². The highest BCUT2D eigenvalue weighted by atomic mass is 32.2. The van der Waals surface area contributed by atoms with Crippen LogP contribution < -0.4 is 10.1 Å². The SMILES string of the molecule is C/C(=N\NS(=O)(=O)c1ccc(C)cc1)c1cccc(NC(=O)C(F)(F)F)c1. The Morgan fingerprint density at radius 3 is 2.30 bits per heavy atom. The number of hydrazone groups is 1. The quantitative estimate of drug-likeness (QED) is 0.598. The van der Waals surface area contributed by atoms with Crippen LogP contribution in [0.15, 0.2) is 58.5 Å². The van der Waals surface area contributed by atoms with Crippen molar-refractivity contribution in [2.24, 2.45) is 5.10 Å². The maximum Gasteiger partial charge on any atom is 0.471 e. The summed E-state index contributed by atoms with van der Waals surface area (Å²) in [7, 11) is -3.88. The third-order valence-electron chi connectivity index (χ3n) is 3.46. The highest BCUT2D eigenvalue weighted by molar-refractivity contribution is 7.89. The highest BCUT2D eigenvalue weighted by Crippen LogP contribution is 2.19. The van der Waals surface area contributed by atoms with Crippen LogP contribution in [0, 0.1) is 6.92 Å². The zero-order chi connectivity index (χ0) is 20.2. The lowest BCUT2D eigenvalue weighted by Crippen LogP contribution is -2.29. The summed E-state index contributed by atoms with van der Waals surface area (Å²) < 4.78 is 61.4. The van der Waals surface area contributed by atoms with Gasteiger partial charge in [-0.2, -0.15) is 31.5 Å². The zero-order valence-electron chi connectivity index (χ0n) is 14.3. The first kappa shape index (κ1) is 20.4. The fourth-order valence-corrected chi connectivity index (χ4v) is 2.84. The standard InChI is InChI=1S/C17H16F3N3O3S/c1-11-6-8-15(9-7-11)27(25,26)23-22-12(2)13-4-3-5-14(10-13)21-16(24)17(18,19)20/h3-10,23H,1-2H3,(H,21,24)/b22-12+. The molecule has 0 aliphatic carbocycles. The number of hydrogen-bond acceptors (Lipinski definition) is 4. The van der Waals surface area contributed by atoms with Gasteiger partial charge in [0.05, 0.1) is 10.6 Å². The van der Waals surface area contributed by atoms with Crippen molar-refractivity contribution in [3.63, 3.8) is 0 Å². The molecule has 2 N–H and O–H groups in total. The molecule has 0 aliphatic rings. The predicted molar refractivity (Wildman–Crippen MR) is 94.8 cm³/mol. The molecule has 6 nitrogen and oxygen atoms in total. The van der Waals surface area contributed by atoms with E-state index in [1.165, 1.54) is 43.3 Å². The number of anilines is 1. The molecule has 0 radical (unpaired) electrons. The van der Waals surface area contributed by atoms with Crippen LogP contribution in [0.1, 0.15) is 18.1 Å². The number of benzene rings is 2. The van der Waals surface area contributed by atoms with E-state index in [4.69, 9.17) is 0 Å². The fraction of sp³-hybridized carbons (Fsp3) is 0.176. The number of nitrogens with zero attached hydrogens (tertiary/aromatic N) is 1. The summed E-state index contributed by atoms with van der Waals surface area (Å²) in [4.78, 5) is 13.1. The molecule has 0 unspecified atom stereocenters. The number of aryl methyl sites for hydroxylation is 1. The third kappa shape index (κ3) is 5.55. The van der Waals surface area contributed by atoms with Gasteiger partial charge in [0.15, 0.2) is 0 Å². The number of rotatable bonds is 5. The Hall–Kier alpha value is -2.88. The van der Waals surface area contributed by atoms with Crippen molar-refractivity contribution in [1.29, 1.82) is 0 Å². The summed E-state index contributed by atoms with van der Waals surface area (Å²) in [6.07, 6.45) is -5.01. The topological polar surface area (TPSA) is 87.6 Å². The minimum absolute atomic E-state index is 0.0239. The van der Waals surface area contributed by atoms with Crippen LogP contribution in [0.5, 0.6) is 0 Å². The Morgan fingerprint density at radius 2 is 1.70 bits per heavy atom. The first-order chi connectivity index (χ1) is 12.5. The van der Waals surface area contributed by atoms with Gasteiger partial charge in [-0.3, -0.25) is 4.79 Å². The minimum atomic E-state index is -5.01. The molecule has 0 aromatic heterocycles. The molecule has 0 spiro atoms. The van der Waals surface area contributed by atoms with Crippen LogP contribution in [0.2, 0.25) is 0 Å². The first-order valence-corrected chi connectivity index (χ1v) is 9.09. The van der Waals surface area contributed by atoms with Crippen LogP contribution in [-0.2, 0) is 14.8 Å². The van der Waals surface area contributed by atoms with E-state index in [1.807, 2.05) is 6.92 Å². The van der Waals surface area contributed by atoms with Gasteiger partial charge < -0.3 is 5.32 Å². The van der Waals surface area contributed by atoms with Gasteiger partial charge in [0.1, 0.15) is 0 Å². The van der Waals surface area contributed by atoms with Gasteiger partial charge in [-0.1, -0.05) is 29.8 Å². The van der Waals surface area contributed by atoms with Crippen molar-refractivity contribution >= 4 is 27.3 Å². The number of nitrogens with one attached hydrogen (secondary N) is 2. The number of amides is 1. The average molecular weight is 399 g/mol. The van der Waals surface area contributed by atoms with Crippen LogP contribution in [-0.4, -0.2) is 26.2 Å². The van der Waals surface area contributed by atoms with Crippen LogP contribution >= 0.6 is 0 Å². The Morgan fingerprint density at radius 1 is 1.07 bits per heavy atom. The minimum Gasteiger partial charge on any atom is -0.318 e. The van der Waals surface area contributed by atoms with Crippen LogP contribution in [0.25, 0.3) is 0 Å². The van der Waals surface area contributed by atoms with E-state index in [2.05, 4.69) is 9.93 Å². The Kier molecular flexibility index (Phi) is 5.89. The highest BCUT2D eigenvalue weighted by Gasteiger charge is 2.38. The molecular formula is C17H16F3N3O3S. The van der Waals surface area contributed by atoms with Gasteiger partial charge in [0, 0.05) is 5.69 Å². The second-order valence-corrected chi connectivity index (χ2v) is 7.30. The molecule has 0 bridgehead atoms. The summed E-state index contributed by atoms with van der Waals surface area (Å²) >= 11 is 0. The lowest BCUT2D eigenvalue weighted by atomic mass is 10.1. The summed E-state index contributed by atoms with van der Waals surface area (Å²) in [5.41, 5.74) is 1.34. The smallest absolute Gasteiger partial charge is 0.318 e. The van der Waals surface area contributed by atoms with Gasteiger partial charge in [-0.05, 0) is 43.7 Å². The van der Waals surface area contributed by atoms with Crippen molar-refractivity contribution < 1.29 is 26.4 Å². The normalized spacial score (nSPS) is 12.6. The first-order valence-electron chi connectivity index (χ1n) is 7.60. The van der Waals surface area contributed by atoms with E-state index in [0.29, 0.717) is 5.56 Å². The largest absolute Gasteiger partial charge is 0.471 e. The molecule has 0 saturated heterocycles. The molecule has 0 saturated carbocycles. The maximum absolute atomic E-state index is 12.3. The molecule has 10 heteroatoms. The number of halogens is 3. The van der Waals surface area contributed by atoms with Gasteiger partial charge in [0.25, 0.3) is 10.0 Å². The molecule has 1 amide bonds. The lowest BCUT2D eigenvalue weighted by Gasteiger charge is -2.10. The van der Waals surface area contributed by atoms with E-state index in [9.17, 15) is 26.4 Å². The van der Waals surface area contributed by atoms with Gasteiger partial charge in [-0.15, -0.1) is 0 Å². The summed E-state index contributed by atoms with van der Waals surface area (Å²) in [6.45, 7) is 3.29. The van der Waals surface area contributed by atoms with Gasteiger partial charge in [-0.25, -0.2) is 0 Å². The molecule has 2 aromatic rings. The number of alkyl halides is 3. The van der Waals surface area contributed by atoms with E-state index >= 15 is 0 Å². The van der Waals surface area contributed by atoms with Crippen molar-refractivity contribution in [1.82, 2.24) is 4.83 Å². The second kappa shape index (κ2) is 7.78. The van der Waals surface area contributed by atoms with Gasteiger partial charge >= 0.3 is 12.1 Å².